The van der Waals surface area contributed by atoms with Crippen molar-refractivity contribution in [1.29, 1.82) is 0 Å². The van der Waals surface area contributed by atoms with Gasteiger partial charge in [0.1, 0.15) is 17.7 Å². The molecule has 0 radical (unpaired) electrons. The van der Waals surface area contributed by atoms with Crippen LogP contribution in [0.2, 0.25) is 0 Å². The van der Waals surface area contributed by atoms with E-state index in [9.17, 15) is 32.8 Å². The smallest absolute Gasteiger partial charge is 0.408 e. The molecular weight excluding hydrogens is 538 g/mol. The number of halogens is 2. The van der Waals surface area contributed by atoms with Crippen molar-refractivity contribution in [2.45, 2.75) is 116 Å². The molecule has 10 nitrogen and oxygen atoms in total. The van der Waals surface area contributed by atoms with Gasteiger partial charge >= 0.3 is 6.09 Å². The number of primary amides is 1. The first-order chi connectivity index (χ1) is 18.9. The zero-order chi connectivity index (χ0) is 30.5. The summed E-state index contributed by atoms with van der Waals surface area (Å²) >= 11 is 0. The molecule has 4 rings (SSSR count). The highest BCUT2D eigenvalue weighted by atomic mass is 19.3. The fourth-order valence-corrected chi connectivity index (χ4v) is 6.93. The molecule has 41 heavy (non-hydrogen) atoms. The topological polar surface area (TPSA) is 148 Å². The number of ketones is 1. The maximum atomic E-state index is 14.1. The predicted octanol–water partition coefficient (Wildman–Crippen LogP) is 2.92. The van der Waals surface area contributed by atoms with Gasteiger partial charge in [0.15, 0.2) is 0 Å². The highest BCUT2D eigenvalue weighted by Gasteiger charge is 2.70. The molecule has 0 spiro atoms. The third kappa shape index (κ3) is 6.83. The summed E-state index contributed by atoms with van der Waals surface area (Å²) in [6, 6.07) is -3.19. The Balaban J connectivity index is 1.57. The number of amides is 4. The molecule has 1 unspecified atom stereocenters. The Morgan fingerprint density at radius 2 is 1.63 bits per heavy atom. The number of likely N-dealkylation sites (tertiary alicyclic amines) is 1. The van der Waals surface area contributed by atoms with E-state index in [0.717, 1.165) is 19.3 Å². The van der Waals surface area contributed by atoms with Crippen molar-refractivity contribution in [2.75, 3.05) is 6.54 Å². The molecule has 4 N–H and O–H groups in total. The molecule has 5 atom stereocenters. The number of nitrogens with two attached hydrogens (primary N) is 1. The quantitative estimate of drug-likeness (QED) is 0.356. The van der Waals surface area contributed by atoms with Gasteiger partial charge in [0, 0.05) is 19.4 Å². The number of carbonyl (C=O) groups excluding carboxylic acids is 5. The summed E-state index contributed by atoms with van der Waals surface area (Å²) in [6.45, 7) is 9.28. The fourth-order valence-electron chi connectivity index (χ4n) is 6.93. The van der Waals surface area contributed by atoms with E-state index >= 15 is 0 Å². The average Bonchev–Trinajstić information content (AvgIpc) is 3.15. The van der Waals surface area contributed by atoms with Gasteiger partial charge in [-0.25, -0.2) is 13.6 Å². The Labute approximate surface area is 239 Å². The molecule has 4 fully saturated rings. The van der Waals surface area contributed by atoms with E-state index in [-0.39, 0.29) is 42.6 Å². The van der Waals surface area contributed by atoms with E-state index in [4.69, 9.17) is 10.5 Å². The van der Waals surface area contributed by atoms with Crippen molar-refractivity contribution < 1.29 is 37.5 Å². The van der Waals surface area contributed by atoms with Crippen LogP contribution in [0.1, 0.15) is 86.0 Å². The van der Waals surface area contributed by atoms with Crippen molar-refractivity contribution in [3.8, 4) is 0 Å². The second kappa shape index (κ2) is 11.1. The van der Waals surface area contributed by atoms with Gasteiger partial charge in [-0.2, -0.15) is 0 Å². The van der Waals surface area contributed by atoms with Crippen LogP contribution in [0.5, 0.6) is 0 Å². The van der Waals surface area contributed by atoms with Crippen molar-refractivity contribution in [2.24, 2.45) is 34.8 Å². The Bertz CT molecular complexity index is 1080. The van der Waals surface area contributed by atoms with E-state index in [1.165, 1.54) is 4.90 Å². The van der Waals surface area contributed by atoms with Gasteiger partial charge in [0.2, 0.25) is 23.5 Å². The largest absolute Gasteiger partial charge is 0.444 e. The second-order valence-electron chi connectivity index (χ2n) is 14.0. The summed E-state index contributed by atoms with van der Waals surface area (Å²) in [5, 5.41) is 5.35. The van der Waals surface area contributed by atoms with Crippen molar-refractivity contribution >= 4 is 29.6 Å². The van der Waals surface area contributed by atoms with Crippen LogP contribution in [0.25, 0.3) is 0 Å². The maximum absolute atomic E-state index is 14.1. The van der Waals surface area contributed by atoms with Crippen LogP contribution < -0.4 is 16.4 Å². The summed E-state index contributed by atoms with van der Waals surface area (Å²) in [7, 11) is 0. The standard InChI is InChI=1S/C29H44F2N4O6/c1-27(2,3)41-26(40)34-20(16-9-11-29(30,31)12-10-16)25(39)35-14-17-19(28(17,4)5)21(35)24(38)33-18(22(36)23(32)37)13-15-7-6-8-15/h15-21H,6-14H2,1-5H3,(H2,32,37)(H,33,38)(H,34,40)/t17-,18?,19-,20+,21+/m1/s1. The molecule has 12 heteroatoms. The van der Waals surface area contributed by atoms with Crippen molar-refractivity contribution in [1.82, 2.24) is 15.5 Å². The van der Waals surface area contributed by atoms with Crippen LogP contribution >= 0.6 is 0 Å². The van der Waals surface area contributed by atoms with Crippen LogP contribution in [0.15, 0.2) is 0 Å². The minimum Gasteiger partial charge on any atom is -0.444 e. The fraction of sp³-hybridized carbons (Fsp3) is 0.828. The van der Waals surface area contributed by atoms with Crippen LogP contribution in [-0.2, 0) is 23.9 Å². The summed E-state index contributed by atoms with van der Waals surface area (Å²) in [5.74, 6) is -6.48. The molecule has 4 amide bonds. The molecule has 3 aliphatic carbocycles. The third-order valence-electron chi connectivity index (χ3n) is 9.60. The van der Waals surface area contributed by atoms with Crippen LogP contribution in [0, 0.1) is 29.1 Å². The van der Waals surface area contributed by atoms with E-state index in [1.54, 1.807) is 20.8 Å². The highest BCUT2D eigenvalue weighted by Crippen LogP contribution is 2.65. The first kappa shape index (κ1) is 31.2. The lowest BCUT2D eigenvalue weighted by molar-refractivity contribution is -0.145. The van der Waals surface area contributed by atoms with Gasteiger partial charge in [0.25, 0.3) is 5.91 Å². The molecular formula is C29H44F2N4O6. The van der Waals surface area contributed by atoms with Gasteiger partial charge in [-0.05, 0) is 69.1 Å². The normalized spacial score (nSPS) is 28.5. The van der Waals surface area contributed by atoms with Crippen molar-refractivity contribution in [3.05, 3.63) is 0 Å². The predicted molar refractivity (Wildman–Crippen MR) is 144 cm³/mol. The zero-order valence-electron chi connectivity index (χ0n) is 24.6. The summed E-state index contributed by atoms with van der Waals surface area (Å²) in [6.07, 6.45) is 1.49. The second-order valence-corrected chi connectivity index (χ2v) is 14.0. The first-order valence-corrected chi connectivity index (χ1v) is 14.7. The summed E-state index contributed by atoms with van der Waals surface area (Å²) in [5.41, 5.74) is 4.19. The minimum absolute atomic E-state index is 0.0111. The third-order valence-corrected chi connectivity index (χ3v) is 9.60. The Kier molecular flexibility index (Phi) is 8.46. The molecule has 4 aliphatic rings. The summed E-state index contributed by atoms with van der Waals surface area (Å²) in [4.78, 5) is 66.4. The number of carbonyl (C=O) groups is 5. The number of piperidine rings is 1. The van der Waals surface area contributed by atoms with E-state index in [0.29, 0.717) is 6.42 Å². The zero-order valence-corrected chi connectivity index (χ0v) is 24.6. The number of nitrogens with zero attached hydrogens (tertiary/aromatic N) is 1. The molecule has 1 heterocycles. The molecule has 0 bridgehead atoms. The number of ether oxygens (including phenoxy) is 1. The Hall–Kier alpha value is -2.79. The summed E-state index contributed by atoms with van der Waals surface area (Å²) < 4.78 is 33.3. The van der Waals surface area contributed by atoms with Gasteiger partial charge in [-0.1, -0.05) is 33.1 Å². The molecule has 0 aromatic heterocycles. The number of fused-ring (bicyclic) bond motifs is 1. The Morgan fingerprint density at radius 3 is 2.15 bits per heavy atom. The molecule has 1 saturated heterocycles. The molecule has 1 aliphatic heterocycles. The Morgan fingerprint density at radius 1 is 1.02 bits per heavy atom. The number of rotatable bonds is 9. The van der Waals surface area contributed by atoms with Crippen LogP contribution in [0.3, 0.4) is 0 Å². The van der Waals surface area contributed by atoms with E-state index < -0.39 is 78.0 Å². The van der Waals surface area contributed by atoms with Crippen LogP contribution in [0.4, 0.5) is 13.6 Å². The number of hydrogen-bond acceptors (Lipinski definition) is 6. The number of nitrogens with one attached hydrogen (secondary N) is 2. The van der Waals surface area contributed by atoms with Gasteiger partial charge in [0.05, 0.1) is 6.04 Å². The maximum Gasteiger partial charge on any atom is 0.408 e. The van der Waals surface area contributed by atoms with E-state index in [1.807, 2.05) is 13.8 Å². The number of alkyl carbamates (subject to hydrolysis) is 1. The van der Waals surface area contributed by atoms with Gasteiger partial charge < -0.3 is 26.0 Å². The first-order valence-electron chi connectivity index (χ1n) is 14.7. The van der Waals surface area contributed by atoms with Crippen molar-refractivity contribution in [3.63, 3.8) is 0 Å². The SMILES string of the molecule is CC(C)(C)OC(=O)N[C@H](C(=O)N1C[C@@H]2[C@H]([C@H]1C(=O)NC(CC1CCC1)C(=O)C(N)=O)C2(C)C)C1CCC(F)(F)CC1. The van der Waals surface area contributed by atoms with Gasteiger partial charge in [-0.3, -0.25) is 19.2 Å². The number of alkyl halides is 2. The number of Topliss-reactive ketones (excluding diaryl/α,β-unsaturated/α-hetero) is 1. The lowest BCUT2D eigenvalue weighted by atomic mass is 9.80. The van der Waals surface area contributed by atoms with Gasteiger partial charge in [-0.15, -0.1) is 0 Å². The molecule has 0 aromatic carbocycles. The highest BCUT2D eigenvalue weighted by molar-refractivity contribution is 6.37. The molecule has 230 valence electrons. The lowest BCUT2D eigenvalue weighted by Gasteiger charge is -2.38. The molecule has 3 saturated carbocycles. The monoisotopic (exact) mass is 582 g/mol. The minimum atomic E-state index is -2.83. The average molecular weight is 583 g/mol. The van der Waals surface area contributed by atoms with E-state index in [2.05, 4.69) is 10.6 Å². The van der Waals surface area contributed by atoms with Crippen LogP contribution in [-0.4, -0.2) is 70.7 Å². The molecule has 0 aromatic rings. The number of hydrogen-bond donors (Lipinski definition) is 3. The lowest BCUT2D eigenvalue weighted by Crippen LogP contribution is -2.60.